The first-order valence-corrected chi connectivity index (χ1v) is 6.50. The van der Waals surface area contributed by atoms with Crippen LogP contribution in [0.1, 0.15) is 19.3 Å². The molecule has 102 valence electrons. The maximum atomic E-state index is 12.0. The highest BCUT2D eigenvalue weighted by molar-refractivity contribution is 5.80. The third kappa shape index (κ3) is 3.87. The predicted octanol–water partition coefficient (Wildman–Crippen LogP) is 0.197. The molecule has 1 aliphatic heterocycles. The Bertz CT molecular complexity index is 331. The van der Waals surface area contributed by atoms with Crippen LogP contribution in [0, 0.1) is 5.92 Å². The number of hydrogen-bond acceptors (Lipinski definition) is 3. The van der Waals surface area contributed by atoms with E-state index >= 15 is 0 Å². The second kappa shape index (κ2) is 5.56. The molecule has 18 heavy (non-hydrogen) atoms. The average molecular weight is 255 g/mol. The molecule has 2 aliphatic rings. The van der Waals surface area contributed by atoms with Gasteiger partial charge in [0.15, 0.2) is 0 Å². The Hall–Kier alpha value is -1.30. The Morgan fingerprint density at radius 2 is 2.11 bits per heavy atom. The highest BCUT2D eigenvalue weighted by atomic mass is 16.4. The molecule has 1 atom stereocenters. The lowest BCUT2D eigenvalue weighted by molar-refractivity contribution is -0.137. The van der Waals surface area contributed by atoms with Gasteiger partial charge >= 0.3 is 12.0 Å². The quantitative estimate of drug-likeness (QED) is 0.736. The molecule has 2 fully saturated rings. The average Bonchev–Trinajstić information content (AvgIpc) is 3.00. The molecule has 0 spiro atoms. The van der Waals surface area contributed by atoms with E-state index in [1.807, 2.05) is 7.05 Å². The minimum Gasteiger partial charge on any atom is -0.480 e. The van der Waals surface area contributed by atoms with Gasteiger partial charge in [-0.25, -0.2) is 4.79 Å². The summed E-state index contributed by atoms with van der Waals surface area (Å²) in [5.41, 5.74) is 0. The molecule has 0 bridgehead atoms. The summed E-state index contributed by atoms with van der Waals surface area (Å²) in [4.78, 5) is 26.4. The van der Waals surface area contributed by atoms with Crippen molar-refractivity contribution in [1.82, 2.24) is 15.1 Å². The standard InChI is InChI=1S/C12H21N3O3/c1-14-5-4-10(7-14)13-12(18)15(8-11(16)17)6-9-2-3-9/h9-10H,2-8H2,1H3,(H,13,18)(H,16,17). The fraction of sp³-hybridized carbons (Fsp3) is 0.833. The minimum absolute atomic E-state index is 0.151. The zero-order valence-corrected chi connectivity index (χ0v) is 10.8. The zero-order valence-electron chi connectivity index (χ0n) is 10.8. The maximum absolute atomic E-state index is 12.0. The fourth-order valence-corrected chi connectivity index (χ4v) is 2.31. The molecule has 2 N–H and O–H groups in total. The number of hydrogen-bond donors (Lipinski definition) is 2. The number of aliphatic carboxylic acids is 1. The number of amides is 2. The van der Waals surface area contributed by atoms with Crippen molar-refractivity contribution in [3.05, 3.63) is 0 Å². The normalized spacial score (nSPS) is 23.9. The Labute approximate surface area is 107 Å². The van der Waals surface area contributed by atoms with Crippen LogP contribution >= 0.6 is 0 Å². The zero-order chi connectivity index (χ0) is 13.1. The van der Waals surface area contributed by atoms with Gasteiger partial charge in [-0.15, -0.1) is 0 Å². The molecule has 6 heteroatoms. The van der Waals surface area contributed by atoms with Gasteiger partial charge < -0.3 is 20.2 Å². The number of likely N-dealkylation sites (N-methyl/N-ethyl adjacent to an activating group) is 1. The van der Waals surface area contributed by atoms with Crippen LogP contribution in [0.15, 0.2) is 0 Å². The molecule has 0 aromatic rings. The van der Waals surface area contributed by atoms with E-state index in [0.29, 0.717) is 12.5 Å². The van der Waals surface area contributed by atoms with Crippen LogP contribution in [0.25, 0.3) is 0 Å². The molecule has 2 rings (SSSR count). The molecule has 0 aromatic heterocycles. The molecular weight excluding hydrogens is 234 g/mol. The first-order chi connectivity index (χ1) is 8.54. The van der Waals surface area contributed by atoms with E-state index in [-0.39, 0.29) is 18.6 Å². The van der Waals surface area contributed by atoms with Crippen molar-refractivity contribution < 1.29 is 14.7 Å². The number of likely N-dealkylation sites (tertiary alicyclic amines) is 1. The summed E-state index contributed by atoms with van der Waals surface area (Å²) in [5, 5.41) is 11.8. The van der Waals surface area contributed by atoms with E-state index in [2.05, 4.69) is 10.2 Å². The van der Waals surface area contributed by atoms with Gasteiger partial charge in [0.05, 0.1) is 0 Å². The summed E-state index contributed by atoms with van der Waals surface area (Å²) < 4.78 is 0. The third-order valence-electron chi connectivity index (χ3n) is 3.51. The van der Waals surface area contributed by atoms with E-state index in [9.17, 15) is 9.59 Å². The first-order valence-electron chi connectivity index (χ1n) is 6.50. The molecule has 2 amide bonds. The Morgan fingerprint density at radius 3 is 2.61 bits per heavy atom. The van der Waals surface area contributed by atoms with Crippen LogP contribution in [-0.4, -0.2) is 66.2 Å². The van der Waals surface area contributed by atoms with Crippen molar-refractivity contribution in [2.45, 2.75) is 25.3 Å². The van der Waals surface area contributed by atoms with Gasteiger partial charge in [-0.3, -0.25) is 4.79 Å². The number of carbonyl (C=O) groups is 2. The number of nitrogens with one attached hydrogen (secondary N) is 1. The fourth-order valence-electron chi connectivity index (χ4n) is 2.31. The molecule has 1 unspecified atom stereocenters. The lowest BCUT2D eigenvalue weighted by Crippen LogP contribution is -2.48. The van der Waals surface area contributed by atoms with Crippen molar-refractivity contribution in [2.24, 2.45) is 5.92 Å². The number of carbonyl (C=O) groups excluding carboxylic acids is 1. The summed E-state index contributed by atoms with van der Waals surface area (Å²) in [6.45, 7) is 2.19. The van der Waals surface area contributed by atoms with Gasteiger partial charge in [-0.05, 0) is 38.8 Å². The van der Waals surface area contributed by atoms with Gasteiger partial charge in [0.1, 0.15) is 6.54 Å². The first kappa shape index (κ1) is 13.1. The Kier molecular flexibility index (Phi) is 4.06. The van der Waals surface area contributed by atoms with Crippen molar-refractivity contribution in [3.63, 3.8) is 0 Å². The largest absolute Gasteiger partial charge is 0.480 e. The number of nitrogens with zero attached hydrogens (tertiary/aromatic N) is 2. The lowest BCUT2D eigenvalue weighted by Gasteiger charge is -2.23. The second-order valence-electron chi connectivity index (χ2n) is 5.41. The summed E-state index contributed by atoms with van der Waals surface area (Å²) in [7, 11) is 2.02. The van der Waals surface area contributed by atoms with E-state index in [0.717, 1.165) is 32.4 Å². The second-order valence-corrected chi connectivity index (χ2v) is 5.41. The van der Waals surface area contributed by atoms with Crippen molar-refractivity contribution in [3.8, 4) is 0 Å². The van der Waals surface area contributed by atoms with Gasteiger partial charge in [-0.1, -0.05) is 0 Å². The highest BCUT2D eigenvalue weighted by Crippen LogP contribution is 2.29. The molecule has 1 saturated carbocycles. The van der Waals surface area contributed by atoms with E-state index in [4.69, 9.17) is 5.11 Å². The Morgan fingerprint density at radius 1 is 1.39 bits per heavy atom. The number of carboxylic acids is 1. The van der Waals surface area contributed by atoms with Gasteiger partial charge in [0.2, 0.25) is 0 Å². The van der Waals surface area contributed by atoms with Crippen molar-refractivity contribution in [2.75, 3.05) is 33.2 Å². The lowest BCUT2D eigenvalue weighted by atomic mass is 10.2. The summed E-state index contributed by atoms with van der Waals surface area (Å²) in [6.07, 6.45) is 3.15. The van der Waals surface area contributed by atoms with Crippen LogP contribution in [0.2, 0.25) is 0 Å². The van der Waals surface area contributed by atoms with Crippen molar-refractivity contribution in [1.29, 1.82) is 0 Å². The van der Waals surface area contributed by atoms with Gasteiger partial charge in [0, 0.05) is 19.1 Å². The molecule has 6 nitrogen and oxygen atoms in total. The van der Waals surface area contributed by atoms with E-state index < -0.39 is 5.97 Å². The molecule has 1 aliphatic carbocycles. The van der Waals surface area contributed by atoms with E-state index in [1.165, 1.54) is 4.90 Å². The van der Waals surface area contributed by atoms with Crippen LogP contribution in [0.3, 0.4) is 0 Å². The van der Waals surface area contributed by atoms with Crippen LogP contribution in [0.5, 0.6) is 0 Å². The number of rotatable bonds is 5. The summed E-state index contributed by atoms with van der Waals surface area (Å²) in [5.74, 6) is -0.448. The topological polar surface area (TPSA) is 72.9 Å². The van der Waals surface area contributed by atoms with Gasteiger partial charge in [-0.2, -0.15) is 0 Å². The van der Waals surface area contributed by atoms with E-state index in [1.54, 1.807) is 0 Å². The van der Waals surface area contributed by atoms with Crippen LogP contribution < -0.4 is 5.32 Å². The smallest absolute Gasteiger partial charge is 0.323 e. The minimum atomic E-state index is -0.950. The summed E-state index contributed by atoms with van der Waals surface area (Å²) >= 11 is 0. The number of carboxylic acid groups (broad SMARTS) is 1. The van der Waals surface area contributed by atoms with Crippen LogP contribution in [0.4, 0.5) is 4.79 Å². The van der Waals surface area contributed by atoms with Crippen LogP contribution in [-0.2, 0) is 4.79 Å². The highest BCUT2D eigenvalue weighted by Gasteiger charge is 2.29. The monoisotopic (exact) mass is 255 g/mol. The number of urea groups is 1. The molecule has 1 heterocycles. The van der Waals surface area contributed by atoms with Crippen molar-refractivity contribution >= 4 is 12.0 Å². The maximum Gasteiger partial charge on any atom is 0.323 e. The molecule has 0 aromatic carbocycles. The predicted molar refractivity (Wildman–Crippen MR) is 66.4 cm³/mol. The third-order valence-corrected chi connectivity index (χ3v) is 3.51. The molecule has 0 radical (unpaired) electrons. The SMILES string of the molecule is CN1CCC(NC(=O)N(CC(=O)O)CC2CC2)C1. The molecule has 1 saturated heterocycles. The Balaban J connectivity index is 1.83. The molecular formula is C12H21N3O3. The summed E-state index contributed by atoms with van der Waals surface area (Å²) in [6, 6.07) is -0.0809. The van der Waals surface area contributed by atoms with Gasteiger partial charge in [0.25, 0.3) is 0 Å².